The topological polar surface area (TPSA) is 71.1 Å². The maximum Gasteiger partial charge on any atom is 0.263 e. The van der Waals surface area contributed by atoms with E-state index in [9.17, 15) is 4.79 Å². The maximum atomic E-state index is 12.3. The number of likely N-dealkylation sites (N-methyl/N-ethyl adjacent to an activating group) is 1. The van der Waals surface area contributed by atoms with Gasteiger partial charge in [-0.3, -0.25) is 9.89 Å². The number of amides is 1. The van der Waals surface area contributed by atoms with E-state index in [4.69, 9.17) is 4.74 Å². The van der Waals surface area contributed by atoms with Gasteiger partial charge in [0.25, 0.3) is 5.91 Å². The van der Waals surface area contributed by atoms with Crippen LogP contribution in [-0.2, 0) is 11.3 Å². The van der Waals surface area contributed by atoms with Crippen molar-refractivity contribution in [1.82, 2.24) is 20.1 Å². The van der Waals surface area contributed by atoms with Crippen LogP contribution >= 0.6 is 0 Å². The van der Waals surface area contributed by atoms with Gasteiger partial charge in [-0.05, 0) is 30.5 Å². The molecule has 1 heterocycles. The summed E-state index contributed by atoms with van der Waals surface area (Å²) in [5.74, 6) is 1.67. The average molecular weight is 302 g/mol. The highest BCUT2D eigenvalue weighted by atomic mass is 16.5. The molecule has 0 spiro atoms. The smallest absolute Gasteiger partial charge is 0.263 e. The molecule has 1 amide bonds. The third-order valence-electron chi connectivity index (χ3n) is 3.41. The molecular weight excluding hydrogens is 280 g/mol. The van der Waals surface area contributed by atoms with E-state index in [0.29, 0.717) is 24.0 Å². The van der Waals surface area contributed by atoms with Crippen molar-refractivity contribution in [3.05, 3.63) is 42.0 Å². The van der Waals surface area contributed by atoms with Gasteiger partial charge in [-0.25, -0.2) is 4.98 Å². The van der Waals surface area contributed by atoms with E-state index < -0.39 is 6.10 Å². The van der Waals surface area contributed by atoms with Crippen molar-refractivity contribution in [3.8, 4) is 5.75 Å². The van der Waals surface area contributed by atoms with Gasteiger partial charge in [0.1, 0.15) is 17.9 Å². The molecule has 1 aromatic carbocycles. The summed E-state index contributed by atoms with van der Waals surface area (Å²) in [6, 6.07) is 7.84. The minimum absolute atomic E-state index is 0.105. The third kappa shape index (κ3) is 4.07. The highest BCUT2D eigenvalue weighted by Crippen LogP contribution is 2.21. The lowest BCUT2D eigenvalue weighted by Gasteiger charge is -2.21. The van der Waals surface area contributed by atoms with Gasteiger partial charge in [0.2, 0.25) is 0 Å². The Balaban J connectivity index is 1.97. The van der Waals surface area contributed by atoms with Gasteiger partial charge in [0.05, 0.1) is 6.54 Å². The number of carbonyl (C=O) groups excluding carboxylic acids is 1. The van der Waals surface area contributed by atoms with Gasteiger partial charge in [0, 0.05) is 7.05 Å². The van der Waals surface area contributed by atoms with Crippen LogP contribution in [0.1, 0.15) is 38.1 Å². The van der Waals surface area contributed by atoms with E-state index in [1.54, 1.807) is 18.9 Å². The van der Waals surface area contributed by atoms with Crippen molar-refractivity contribution < 1.29 is 9.53 Å². The summed E-state index contributed by atoms with van der Waals surface area (Å²) in [4.78, 5) is 17.9. The number of H-pyrrole nitrogens is 1. The Kier molecular flexibility index (Phi) is 5.14. The van der Waals surface area contributed by atoms with Gasteiger partial charge in [-0.1, -0.05) is 26.0 Å². The predicted molar refractivity (Wildman–Crippen MR) is 83.5 cm³/mol. The maximum absolute atomic E-state index is 12.3. The van der Waals surface area contributed by atoms with E-state index in [-0.39, 0.29) is 5.91 Å². The first-order chi connectivity index (χ1) is 10.5. The van der Waals surface area contributed by atoms with Crippen LogP contribution in [0.4, 0.5) is 0 Å². The fraction of sp³-hybridized carbons (Fsp3) is 0.438. The van der Waals surface area contributed by atoms with Gasteiger partial charge in [-0.15, -0.1) is 0 Å². The number of aromatic amines is 1. The van der Waals surface area contributed by atoms with Gasteiger partial charge in [0.15, 0.2) is 6.10 Å². The lowest BCUT2D eigenvalue weighted by molar-refractivity contribution is -0.137. The Labute approximate surface area is 130 Å². The molecule has 0 aliphatic heterocycles. The Morgan fingerprint density at radius 2 is 2.14 bits per heavy atom. The largest absolute Gasteiger partial charge is 0.481 e. The highest BCUT2D eigenvalue weighted by Gasteiger charge is 2.20. The van der Waals surface area contributed by atoms with Gasteiger partial charge < -0.3 is 9.64 Å². The van der Waals surface area contributed by atoms with E-state index >= 15 is 0 Å². The molecule has 0 aliphatic carbocycles. The van der Waals surface area contributed by atoms with Crippen molar-refractivity contribution in [2.75, 3.05) is 7.05 Å². The van der Waals surface area contributed by atoms with Crippen LogP contribution in [0.2, 0.25) is 0 Å². The van der Waals surface area contributed by atoms with Crippen LogP contribution in [0.5, 0.6) is 5.75 Å². The van der Waals surface area contributed by atoms with E-state index in [0.717, 1.165) is 0 Å². The number of nitrogens with zero attached hydrogens (tertiary/aromatic N) is 3. The molecule has 2 aromatic rings. The first kappa shape index (κ1) is 16.0. The molecule has 6 heteroatoms. The summed E-state index contributed by atoms with van der Waals surface area (Å²) < 4.78 is 5.77. The standard InChI is InChI=1S/C16H22N4O2/c1-11(2)13-6-5-7-14(8-13)22-12(3)16(21)20(4)9-15-17-10-18-19-15/h5-8,10-12H,9H2,1-4H3,(H,17,18,19)/t12-/m0/s1. The number of ether oxygens (including phenoxy) is 1. The minimum Gasteiger partial charge on any atom is -0.481 e. The molecule has 0 radical (unpaired) electrons. The summed E-state index contributed by atoms with van der Waals surface area (Å²) in [7, 11) is 1.72. The van der Waals surface area contributed by atoms with Gasteiger partial charge in [-0.2, -0.15) is 5.10 Å². The molecule has 1 N–H and O–H groups in total. The van der Waals surface area contributed by atoms with E-state index in [2.05, 4.69) is 35.1 Å². The molecule has 22 heavy (non-hydrogen) atoms. The second kappa shape index (κ2) is 7.06. The average Bonchev–Trinajstić information content (AvgIpc) is 2.99. The van der Waals surface area contributed by atoms with Crippen molar-refractivity contribution in [2.45, 2.75) is 39.3 Å². The van der Waals surface area contributed by atoms with Crippen LogP contribution in [0, 0.1) is 0 Å². The minimum atomic E-state index is -0.560. The monoisotopic (exact) mass is 302 g/mol. The molecule has 6 nitrogen and oxygen atoms in total. The lowest BCUT2D eigenvalue weighted by atomic mass is 10.0. The molecular formula is C16H22N4O2. The fourth-order valence-corrected chi connectivity index (χ4v) is 2.12. The summed E-state index contributed by atoms with van der Waals surface area (Å²) in [6.07, 6.45) is 0.862. The Bertz CT molecular complexity index is 610. The van der Waals surface area contributed by atoms with Crippen molar-refractivity contribution in [3.63, 3.8) is 0 Å². The summed E-state index contributed by atoms with van der Waals surface area (Å²) in [5.41, 5.74) is 1.19. The fourth-order valence-electron chi connectivity index (χ4n) is 2.12. The highest BCUT2D eigenvalue weighted by molar-refractivity contribution is 5.80. The lowest BCUT2D eigenvalue weighted by Crippen LogP contribution is -2.37. The first-order valence-electron chi connectivity index (χ1n) is 7.33. The SMILES string of the molecule is CC(C)c1cccc(O[C@@H](C)C(=O)N(C)Cc2ncn[nH]2)c1. The number of hydrogen-bond acceptors (Lipinski definition) is 4. The first-order valence-corrected chi connectivity index (χ1v) is 7.33. The zero-order valence-corrected chi connectivity index (χ0v) is 13.4. The van der Waals surface area contributed by atoms with E-state index in [1.807, 2.05) is 18.2 Å². The number of carbonyl (C=O) groups is 1. The van der Waals surface area contributed by atoms with Crippen LogP contribution in [0.15, 0.2) is 30.6 Å². The number of benzene rings is 1. The molecule has 2 rings (SSSR count). The van der Waals surface area contributed by atoms with Crippen molar-refractivity contribution in [2.24, 2.45) is 0 Å². The Hall–Kier alpha value is -2.37. The summed E-state index contributed by atoms with van der Waals surface area (Å²) >= 11 is 0. The van der Waals surface area contributed by atoms with Crippen molar-refractivity contribution >= 4 is 5.91 Å². The van der Waals surface area contributed by atoms with Gasteiger partial charge >= 0.3 is 0 Å². The number of hydrogen-bond donors (Lipinski definition) is 1. The van der Waals surface area contributed by atoms with Crippen LogP contribution < -0.4 is 4.74 Å². The number of nitrogens with one attached hydrogen (secondary N) is 1. The molecule has 118 valence electrons. The summed E-state index contributed by atoms with van der Waals surface area (Å²) in [6.45, 7) is 6.37. The van der Waals surface area contributed by atoms with E-state index in [1.165, 1.54) is 11.9 Å². The number of rotatable bonds is 6. The number of aromatic nitrogens is 3. The third-order valence-corrected chi connectivity index (χ3v) is 3.41. The molecule has 0 aliphatic rings. The van der Waals surface area contributed by atoms with Crippen LogP contribution in [-0.4, -0.2) is 39.1 Å². The second-order valence-corrected chi connectivity index (χ2v) is 5.61. The molecule has 1 aromatic heterocycles. The molecule has 0 fully saturated rings. The zero-order chi connectivity index (χ0) is 16.1. The molecule has 1 atom stereocenters. The van der Waals surface area contributed by atoms with Crippen LogP contribution in [0.3, 0.4) is 0 Å². The Morgan fingerprint density at radius 1 is 1.36 bits per heavy atom. The normalized spacial score (nSPS) is 12.2. The molecule has 0 saturated carbocycles. The van der Waals surface area contributed by atoms with Crippen molar-refractivity contribution in [1.29, 1.82) is 0 Å². The zero-order valence-electron chi connectivity index (χ0n) is 13.4. The predicted octanol–water partition coefficient (Wildman–Crippen LogP) is 2.35. The quantitative estimate of drug-likeness (QED) is 0.889. The molecule has 0 saturated heterocycles. The molecule has 0 bridgehead atoms. The summed E-state index contributed by atoms with van der Waals surface area (Å²) in [5, 5.41) is 6.50. The van der Waals surface area contributed by atoms with Crippen LogP contribution in [0.25, 0.3) is 0 Å². The second-order valence-electron chi connectivity index (χ2n) is 5.61. The Morgan fingerprint density at radius 3 is 2.77 bits per heavy atom. The molecule has 0 unspecified atom stereocenters.